The molecular weight excluding hydrogens is 258 g/mol. The van der Waals surface area contributed by atoms with Gasteiger partial charge in [0.1, 0.15) is 5.75 Å². The third-order valence-corrected chi connectivity index (χ3v) is 4.80. The minimum Gasteiger partial charge on any atom is -0.496 e. The van der Waals surface area contributed by atoms with E-state index in [1.165, 1.54) is 16.7 Å². The molecule has 2 unspecified atom stereocenters. The Morgan fingerprint density at radius 3 is 2.29 bits per heavy atom. The number of ether oxygens (including phenoxy) is 1. The first-order valence-corrected chi connectivity index (χ1v) is 8.09. The maximum absolute atomic E-state index is 5.71. The molecule has 0 radical (unpaired) electrons. The number of hydrogen-bond acceptors (Lipinski definition) is 2. The topological polar surface area (TPSA) is 21.3 Å². The van der Waals surface area contributed by atoms with Crippen LogP contribution in [0.3, 0.4) is 0 Å². The maximum atomic E-state index is 5.71. The van der Waals surface area contributed by atoms with E-state index < -0.39 is 0 Å². The van der Waals surface area contributed by atoms with E-state index in [0.29, 0.717) is 17.4 Å². The van der Waals surface area contributed by atoms with Crippen LogP contribution in [-0.4, -0.2) is 13.7 Å². The molecule has 0 aliphatic carbocycles. The fraction of sp³-hybridized carbons (Fsp3) is 0.684. The van der Waals surface area contributed by atoms with Crippen LogP contribution >= 0.6 is 0 Å². The highest BCUT2D eigenvalue weighted by Crippen LogP contribution is 2.37. The van der Waals surface area contributed by atoms with Crippen molar-refractivity contribution < 1.29 is 4.74 Å². The van der Waals surface area contributed by atoms with Crippen molar-refractivity contribution >= 4 is 0 Å². The van der Waals surface area contributed by atoms with Crippen LogP contribution in [0.1, 0.15) is 63.8 Å². The third-order valence-electron chi connectivity index (χ3n) is 4.80. The van der Waals surface area contributed by atoms with Gasteiger partial charge >= 0.3 is 0 Å². The van der Waals surface area contributed by atoms with Crippen LogP contribution in [0.5, 0.6) is 5.75 Å². The zero-order chi connectivity index (χ0) is 16.2. The standard InChI is InChI=1S/C19H33NO/c1-9-20-17(12-14(3)19(5,6)7)16-11-10-13(2)15(4)18(16)21-8/h10-11,14,17,20H,9,12H2,1-8H3. The summed E-state index contributed by atoms with van der Waals surface area (Å²) in [6.45, 7) is 16.7. The molecule has 2 heteroatoms. The Bertz CT molecular complexity index is 459. The van der Waals surface area contributed by atoms with Crippen LogP contribution in [0.15, 0.2) is 12.1 Å². The Morgan fingerprint density at radius 1 is 1.19 bits per heavy atom. The van der Waals surface area contributed by atoms with E-state index in [1.807, 2.05) is 0 Å². The number of rotatable bonds is 6. The van der Waals surface area contributed by atoms with Gasteiger partial charge in [-0.1, -0.05) is 46.8 Å². The molecule has 1 aromatic rings. The predicted molar refractivity (Wildman–Crippen MR) is 92.1 cm³/mol. The van der Waals surface area contributed by atoms with E-state index in [1.54, 1.807) is 7.11 Å². The number of hydrogen-bond donors (Lipinski definition) is 1. The van der Waals surface area contributed by atoms with Crippen LogP contribution in [0, 0.1) is 25.2 Å². The van der Waals surface area contributed by atoms with Gasteiger partial charge in [-0.25, -0.2) is 0 Å². The average Bonchev–Trinajstić information content (AvgIpc) is 2.40. The Labute approximate surface area is 131 Å². The van der Waals surface area contributed by atoms with Gasteiger partial charge < -0.3 is 10.1 Å². The molecule has 0 aliphatic heterocycles. The first kappa shape index (κ1) is 18.0. The first-order valence-electron chi connectivity index (χ1n) is 8.09. The quantitative estimate of drug-likeness (QED) is 0.793. The number of nitrogens with one attached hydrogen (secondary N) is 1. The van der Waals surface area contributed by atoms with Crippen LogP contribution in [-0.2, 0) is 0 Å². The van der Waals surface area contributed by atoms with Crippen molar-refractivity contribution in [2.24, 2.45) is 11.3 Å². The molecule has 0 aromatic heterocycles. The summed E-state index contributed by atoms with van der Waals surface area (Å²) in [5.74, 6) is 1.68. The largest absolute Gasteiger partial charge is 0.496 e. The fourth-order valence-corrected chi connectivity index (χ4v) is 2.63. The number of aryl methyl sites for hydroxylation is 1. The lowest BCUT2D eigenvalue weighted by Crippen LogP contribution is -2.28. The van der Waals surface area contributed by atoms with Gasteiger partial charge in [-0.3, -0.25) is 0 Å². The van der Waals surface area contributed by atoms with Crippen LogP contribution < -0.4 is 10.1 Å². The summed E-state index contributed by atoms with van der Waals surface area (Å²) >= 11 is 0. The molecule has 120 valence electrons. The minimum atomic E-state index is 0.320. The van der Waals surface area contributed by atoms with Gasteiger partial charge in [-0.05, 0) is 49.3 Å². The number of benzene rings is 1. The summed E-state index contributed by atoms with van der Waals surface area (Å²) in [6, 6.07) is 4.78. The van der Waals surface area contributed by atoms with Crippen molar-refractivity contribution in [3.63, 3.8) is 0 Å². The second-order valence-corrected chi connectivity index (χ2v) is 7.24. The smallest absolute Gasteiger partial charge is 0.126 e. The molecule has 0 bridgehead atoms. The monoisotopic (exact) mass is 291 g/mol. The second kappa shape index (κ2) is 7.31. The summed E-state index contributed by atoms with van der Waals surface area (Å²) in [6.07, 6.45) is 1.12. The molecular formula is C19H33NO. The van der Waals surface area contributed by atoms with E-state index in [4.69, 9.17) is 4.74 Å². The summed E-state index contributed by atoms with van der Waals surface area (Å²) < 4.78 is 5.71. The highest BCUT2D eigenvalue weighted by Gasteiger charge is 2.26. The molecule has 0 heterocycles. The van der Waals surface area contributed by atoms with Gasteiger partial charge in [0.25, 0.3) is 0 Å². The molecule has 0 amide bonds. The summed E-state index contributed by atoms with van der Waals surface area (Å²) in [5, 5.41) is 3.64. The van der Waals surface area contributed by atoms with Crippen molar-refractivity contribution in [2.45, 2.75) is 60.9 Å². The van der Waals surface area contributed by atoms with Crippen molar-refractivity contribution in [1.29, 1.82) is 0 Å². The molecule has 0 saturated carbocycles. The van der Waals surface area contributed by atoms with E-state index >= 15 is 0 Å². The summed E-state index contributed by atoms with van der Waals surface area (Å²) in [4.78, 5) is 0. The van der Waals surface area contributed by atoms with Gasteiger partial charge in [0.2, 0.25) is 0 Å². The van der Waals surface area contributed by atoms with Gasteiger partial charge in [0.05, 0.1) is 7.11 Å². The lowest BCUT2D eigenvalue weighted by Gasteiger charge is -2.32. The normalized spacial score (nSPS) is 14.9. The van der Waals surface area contributed by atoms with E-state index in [9.17, 15) is 0 Å². The fourth-order valence-electron chi connectivity index (χ4n) is 2.63. The zero-order valence-corrected chi connectivity index (χ0v) is 15.1. The molecule has 0 saturated heterocycles. The van der Waals surface area contributed by atoms with Crippen molar-refractivity contribution in [3.8, 4) is 5.75 Å². The van der Waals surface area contributed by atoms with Crippen molar-refractivity contribution in [1.82, 2.24) is 5.32 Å². The Kier molecular flexibility index (Phi) is 6.27. The van der Waals surface area contributed by atoms with Gasteiger partial charge in [0, 0.05) is 11.6 Å². The molecule has 0 spiro atoms. The predicted octanol–water partition coefficient (Wildman–Crippen LogP) is 5.03. The van der Waals surface area contributed by atoms with Crippen molar-refractivity contribution in [2.75, 3.05) is 13.7 Å². The van der Waals surface area contributed by atoms with Crippen LogP contribution in [0.4, 0.5) is 0 Å². The third kappa shape index (κ3) is 4.47. The summed E-state index contributed by atoms with van der Waals surface area (Å²) in [5.41, 5.74) is 4.15. The van der Waals surface area contributed by atoms with Gasteiger partial charge in [0.15, 0.2) is 0 Å². The minimum absolute atomic E-state index is 0.320. The van der Waals surface area contributed by atoms with E-state index in [0.717, 1.165) is 18.7 Å². The zero-order valence-electron chi connectivity index (χ0n) is 15.1. The molecule has 1 rings (SSSR count). The van der Waals surface area contributed by atoms with E-state index in [2.05, 4.69) is 65.9 Å². The number of methoxy groups -OCH3 is 1. The Balaban J connectivity index is 3.14. The molecule has 1 aromatic carbocycles. The second-order valence-electron chi connectivity index (χ2n) is 7.24. The lowest BCUT2D eigenvalue weighted by atomic mass is 9.77. The molecule has 1 N–H and O–H groups in total. The summed E-state index contributed by atoms with van der Waals surface area (Å²) in [7, 11) is 1.78. The van der Waals surface area contributed by atoms with Crippen molar-refractivity contribution in [3.05, 3.63) is 28.8 Å². The molecule has 2 atom stereocenters. The Hall–Kier alpha value is -1.02. The molecule has 0 aliphatic rings. The lowest BCUT2D eigenvalue weighted by molar-refractivity contribution is 0.222. The maximum Gasteiger partial charge on any atom is 0.126 e. The first-order chi connectivity index (χ1) is 9.72. The van der Waals surface area contributed by atoms with Gasteiger partial charge in [-0.15, -0.1) is 0 Å². The van der Waals surface area contributed by atoms with E-state index in [-0.39, 0.29) is 0 Å². The molecule has 2 nitrogen and oxygen atoms in total. The van der Waals surface area contributed by atoms with Gasteiger partial charge in [-0.2, -0.15) is 0 Å². The SMILES string of the molecule is CCNC(CC(C)C(C)(C)C)c1ccc(C)c(C)c1OC. The highest BCUT2D eigenvalue weighted by atomic mass is 16.5. The Morgan fingerprint density at radius 2 is 1.81 bits per heavy atom. The molecule has 0 fully saturated rings. The molecule has 21 heavy (non-hydrogen) atoms. The van der Waals surface area contributed by atoms with Crippen LogP contribution in [0.2, 0.25) is 0 Å². The highest BCUT2D eigenvalue weighted by molar-refractivity contribution is 5.46. The average molecular weight is 291 g/mol. The van der Waals surface area contributed by atoms with Crippen LogP contribution in [0.25, 0.3) is 0 Å².